The Kier molecular flexibility index (Phi) is 6.89. The number of allylic oxidation sites excluding steroid dienone is 4. The molecule has 10 rings (SSSR count). The second kappa shape index (κ2) is 11.9. The molecule has 0 fully saturated rings. The molecule has 2 nitrogen and oxygen atoms in total. The van der Waals surface area contributed by atoms with E-state index in [1.54, 1.807) is 0 Å². The standard InChI is InChI=1S/C49H35NO/c1-4-18-34(19-5-1)38-24-12-16-30-45(38)50(36-22-8-3-9-23-36)37-32-44(48-41-27-13-17-31-46(41)51-47(48)33-37)49(35-20-6-2-7-21-35)42-28-14-10-25-39(42)40-26-11-15-29-43(40)49/h1,3-6,8-33H,2,7H2. The van der Waals surface area contributed by atoms with Gasteiger partial charge in [-0.3, -0.25) is 0 Å². The van der Waals surface area contributed by atoms with Crippen molar-refractivity contribution in [2.24, 2.45) is 0 Å². The molecule has 0 saturated heterocycles. The largest absolute Gasteiger partial charge is 0.456 e. The van der Waals surface area contributed by atoms with Crippen LogP contribution in [0.2, 0.25) is 0 Å². The van der Waals surface area contributed by atoms with Gasteiger partial charge in [-0.15, -0.1) is 0 Å². The molecular formula is C49H35NO. The molecule has 242 valence electrons. The summed E-state index contributed by atoms with van der Waals surface area (Å²) in [5, 5.41) is 2.29. The van der Waals surface area contributed by atoms with Crippen molar-refractivity contribution in [3.8, 4) is 22.3 Å². The molecule has 0 N–H and O–H groups in total. The summed E-state index contributed by atoms with van der Waals surface area (Å²) in [6.45, 7) is 0. The number of furan rings is 1. The van der Waals surface area contributed by atoms with E-state index in [0.717, 1.165) is 57.4 Å². The Bertz CT molecular complexity index is 2600. The van der Waals surface area contributed by atoms with Gasteiger partial charge in [0.1, 0.15) is 11.2 Å². The minimum absolute atomic E-state index is 0.563. The Morgan fingerprint density at radius 2 is 1.12 bits per heavy atom. The van der Waals surface area contributed by atoms with E-state index in [4.69, 9.17) is 4.42 Å². The third kappa shape index (κ3) is 4.50. The summed E-state index contributed by atoms with van der Waals surface area (Å²) in [6.07, 6.45) is 9.25. The second-order valence-corrected chi connectivity index (χ2v) is 13.5. The van der Waals surface area contributed by atoms with Crippen LogP contribution < -0.4 is 4.90 Å². The summed E-state index contributed by atoms with van der Waals surface area (Å²) in [5.74, 6) is 0. The van der Waals surface area contributed by atoms with E-state index in [-0.39, 0.29) is 0 Å². The van der Waals surface area contributed by atoms with Crippen LogP contribution in [0.15, 0.2) is 198 Å². The van der Waals surface area contributed by atoms with Crippen molar-refractivity contribution in [1.29, 1.82) is 0 Å². The van der Waals surface area contributed by atoms with E-state index >= 15 is 0 Å². The number of benzene rings is 7. The van der Waals surface area contributed by atoms with E-state index in [1.807, 2.05) is 0 Å². The molecule has 0 bridgehead atoms. The number of rotatable bonds is 6. The number of fused-ring (bicyclic) bond motifs is 6. The minimum atomic E-state index is -0.563. The first-order valence-corrected chi connectivity index (χ1v) is 17.8. The SMILES string of the molecule is C1=CC(C2(c3cc(N(c4ccccc4)c4ccccc4-c4ccccc4)cc4oc5ccccc5c34)c3ccccc3-c3ccccc32)=CCC1. The van der Waals surface area contributed by atoms with E-state index in [0.29, 0.717) is 0 Å². The van der Waals surface area contributed by atoms with Crippen LogP contribution in [0.4, 0.5) is 17.1 Å². The summed E-state index contributed by atoms with van der Waals surface area (Å²) in [4.78, 5) is 2.41. The number of anilines is 3. The molecule has 2 aliphatic rings. The van der Waals surface area contributed by atoms with Crippen LogP contribution in [-0.4, -0.2) is 0 Å². The lowest BCUT2D eigenvalue weighted by Crippen LogP contribution is -2.30. The highest BCUT2D eigenvalue weighted by Crippen LogP contribution is 2.60. The van der Waals surface area contributed by atoms with Gasteiger partial charge in [-0.2, -0.15) is 0 Å². The first kappa shape index (κ1) is 29.5. The van der Waals surface area contributed by atoms with E-state index in [2.05, 4.69) is 193 Å². The van der Waals surface area contributed by atoms with Crippen molar-refractivity contribution < 1.29 is 4.42 Å². The normalized spacial score (nSPS) is 14.3. The molecule has 0 unspecified atom stereocenters. The molecule has 0 amide bonds. The fourth-order valence-electron chi connectivity index (χ4n) is 8.68. The molecule has 1 heterocycles. The summed E-state index contributed by atoms with van der Waals surface area (Å²) in [5.41, 5.74) is 14.5. The maximum absolute atomic E-state index is 6.87. The van der Waals surface area contributed by atoms with Crippen LogP contribution in [0, 0.1) is 0 Å². The maximum atomic E-state index is 6.87. The molecule has 1 aromatic heterocycles. The van der Waals surface area contributed by atoms with E-state index in [1.165, 1.54) is 39.0 Å². The summed E-state index contributed by atoms with van der Waals surface area (Å²) in [6, 6.07) is 61.4. The molecule has 0 aliphatic heterocycles. The molecule has 7 aromatic carbocycles. The lowest BCUT2D eigenvalue weighted by Gasteiger charge is -2.37. The highest BCUT2D eigenvalue weighted by molar-refractivity contribution is 6.10. The molecule has 0 atom stereocenters. The minimum Gasteiger partial charge on any atom is -0.456 e. The summed E-state index contributed by atoms with van der Waals surface area (Å²) in [7, 11) is 0. The molecule has 0 saturated carbocycles. The van der Waals surface area contributed by atoms with Crippen LogP contribution >= 0.6 is 0 Å². The van der Waals surface area contributed by atoms with Gasteiger partial charge < -0.3 is 9.32 Å². The Balaban J connectivity index is 1.36. The number of hydrogen-bond acceptors (Lipinski definition) is 2. The second-order valence-electron chi connectivity index (χ2n) is 13.5. The van der Waals surface area contributed by atoms with Gasteiger partial charge in [0.15, 0.2) is 0 Å². The van der Waals surface area contributed by atoms with Crippen molar-refractivity contribution in [3.63, 3.8) is 0 Å². The molecule has 2 aliphatic carbocycles. The average Bonchev–Trinajstić information content (AvgIpc) is 3.73. The predicted molar refractivity (Wildman–Crippen MR) is 212 cm³/mol. The zero-order chi connectivity index (χ0) is 33.8. The number of para-hydroxylation sites is 3. The van der Waals surface area contributed by atoms with Gasteiger partial charge in [0, 0.05) is 28.1 Å². The van der Waals surface area contributed by atoms with Gasteiger partial charge in [0.2, 0.25) is 0 Å². The fraction of sp³-hybridized carbons (Fsp3) is 0.0612. The molecule has 8 aromatic rings. The van der Waals surface area contributed by atoms with Gasteiger partial charge >= 0.3 is 0 Å². The molecule has 2 heteroatoms. The smallest absolute Gasteiger partial charge is 0.137 e. The van der Waals surface area contributed by atoms with Crippen molar-refractivity contribution >= 4 is 39.0 Å². The zero-order valence-corrected chi connectivity index (χ0v) is 28.2. The molecule has 0 spiro atoms. The topological polar surface area (TPSA) is 16.4 Å². The monoisotopic (exact) mass is 653 g/mol. The van der Waals surface area contributed by atoms with E-state index < -0.39 is 5.41 Å². The van der Waals surface area contributed by atoms with Crippen molar-refractivity contribution in [3.05, 3.63) is 210 Å². The van der Waals surface area contributed by atoms with Gasteiger partial charge in [0.25, 0.3) is 0 Å². The zero-order valence-electron chi connectivity index (χ0n) is 28.2. The van der Waals surface area contributed by atoms with Crippen LogP contribution in [0.1, 0.15) is 29.5 Å². The van der Waals surface area contributed by atoms with Gasteiger partial charge in [-0.05, 0) is 82.1 Å². The first-order chi connectivity index (χ1) is 25.3. The first-order valence-electron chi connectivity index (χ1n) is 17.8. The van der Waals surface area contributed by atoms with Crippen molar-refractivity contribution in [2.45, 2.75) is 18.3 Å². The average molecular weight is 654 g/mol. The number of hydrogen-bond donors (Lipinski definition) is 0. The predicted octanol–water partition coefficient (Wildman–Crippen LogP) is 13.3. The Labute approximate surface area is 298 Å². The Morgan fingerprint density at radius 1 is 0.490 bits per heavy atom. The van der Waals surface area contributed by atoms with Gasteiger partial charge in [-0.1, -0.05) is 152 Å². The van der Waals surface area contributed by atoms with Gasteiger partial charge in [-0.25, -0.2) is 0 Å². The van der Waals surface area contributed by atoms with Gasteiger partial charge in [0.05, 0.1) is 16.8 Å². The van der Waals surface area contributed by atoms with Crippen LogP contribution in [0.25, 0.3) is 44.2 Å². The van der Waals surface area contributed by atoms with Crippen LogP contribution in [-0.2, 0) is 5.41 Å². The summed E-state index contributed by atoms with van der Waals surface area (Å²) < 4.78 is 6.87. The summed E-state index contributed by atoms with van der Waals surface area (Å²) >= 11 is 0. The Hall–Kier alpha value is -6.38. The third-order valence-corrected chi connectivity index (χ3v) is 10.7. The van der Waals surface area contributed by atoms with Crippen LogP contribution in [0.5, 0.6) is 0 Å². The van der Waals surface area contributed by atoms with Crippen LogP contribution in [0.3, 0.4) is 0 Å². The maximum Gasteiger partial charge on any atom is 0.137 e. The Morgan fingerprint density at radius 3 is 1.84 bits per heavy atom. The molecule has 51 heavy (non-hydrogen) atoms. The highest BCUT2D eigenvalue weighted by Gasteiger charge is 2.48. The van der Waals surface area contributed by atoms with Crippen molar-refractivity contribution in [2.75, 3.05) is 4.90 Å². The lowest BCUT2D eigenvalue weighted by molar-refractivity contribution is 0.667. The fourth-order valence-corrected chi connectivity index (χ4v) is 8.68. The molecular weight excluding hydrogens is 619 g/mol. The van der Waals surface area contributed by atoms with Crippen molar-refractivity contribution in [1.82, 2.24) is 0 Å². The lowest BCUT2D eigenvalue weighted by atomic mass is 9.65. The third-order valence-electron chi connectivity index (χ3n) is 10.7. The highest BCUT2D eigenvalue weighted by atomic mass is 16.3. The number of nitrogens with zero attached hydrogens (tertiary/aromatic N) is 1. The molecule has 0 radical (unpaired) electrons. The quantitative estimate of drug-likeness (QED) is 0.178. The van der Waals surface area contributed by atoms with E-state index in [9.17, 15) is 0 Å².